The summed E-state index contributed by atoms with van der Waals surface area (Å²) in [5.74, 6) is 0.492. The van der Waals surface area contributed by atoms with Gasteiger partial charge in [0.1, 0.15) is 11.5 Å². The van der Waals surface area contributed by atoms with Crippen molar-refractivity contribution in [3.05, 3.63) is 47.3 Å². The third-order valence-corrected chi connectivity index (χ3v) is 3.15. The second kappa shape index (κ2) is 5.69. The number of hydrogen-bond donors (Lipinski definition) is 2. The molecule has 1 aromatic carbocycles. The minimum Gasteiger partial charge on any atom is -0.382 e. The van der Waals surface area contributed by atoms with E-state index >= 15 is 0 Å². The van der Waals surface area contributed by atoms with Gasteiger partial charge in [0.05, 0.1) is 0 Å². The number of aromatic nitrogens is 2. The van der Waals surface area contributed by atoms with Gasteiger partial charge in [-0.1, -0.05) is 19.1 Å². The lowest BCUT2D eigenvalue weighted by Gasteiger charge is -2.18. The van der Waals surface area contributed by atoms with Crippen LogP contribution in [0.3, 0.4) is 0 Å². The van der Waals surface area contributed by atoms with Gasteiger partial charge in [0.25, 0.3) is 0 Å². The van der Waals surface area contributed by atoms with Gasteiger partial charge >= 0.3 is 0 Å². The first kappa shape index (κ1) is 14.0. The van der Waals surface area contributed by atoms with E-state index < -0.39 is 0 Å². The molecule has 0 fully saturated rings. The largest absolute Gasteiger partial charge is 0.382 e. The Morgan fingerprint density at radius 3 is 2.45 bits per heavy atom. The van der Waals surface area contributed by atoms with E-state index in [-0.39, 0.29) is 5.84 Å². The molecule has 0 saturated carbocycles. The van der Waals surface area contributed by atoms with Gasteiger partial charge in [0, 0.05) is 18.4 Å². The van der Waals surface area contributed by atoms with E-state index in [4.69, 9.17) is 11.1 Å². The molecule has 3 N–H and O–H groups in total. The van der Waals surface area contributed by atoms with Crippen LogP contribution in [0.1, 0.15) is 23.9 Å². The monoisotopic (exact) mass is 269 g/mol. The number of hydrogen-bond acceptors (Lipinski definition) is 4. The van der Waals surface area contributed by atoms with Crippen molar-refractivity contribution in [1.82, 2.24) is 9.97 Å². The van der Waals surface area contributed by atoms with Crippen molar-refractivity contribution in [2.45, 2.75) is 20.3 Å². The summed E-state index contributed by atoms with van der Waals surface area (Å²) in [5.41, 5.74) is 9.03. The van der Waals surface area contributed by atoms with Crippen molar-refractivity contribution in [3.8, 4) is 0 Å². The number of nitrogens with two attached hydrogens (primary N) is 1. The lowest BCUT2D eigenvalue weighted by Crippen LogP contribution is -2.19. The van der Waals surface area contributed by atoms with E-state index in [0.717, 1.165) is 17.8 Å². The van der Waals surface area contributed by atoms with Crippen LogP contribution in [-0.2, 0) is 6.42 Å². The molecule has 0 atom stereocenters. The maximum absolute atomic E-state index is 7.50. The highest BCUT2D eigenvalue weighted by Crippen LogP contribution is 2.21. The van der Waals surface area contributed by atoms with E-state index in [9.17, 15) is 0 Å². The molecule has 0 unspecified atom stereocenters. The zero-order valence-corrected chi connectivity index (χ0v) is 12.0. The summed E-state index contributed by atoms with van der Waals surface area (Å²) in [5, 5.41) is 7.50. The van der Waals surface area contributed by atoms with Crippen LogP contribution in [0.25, 0.3) is 0 Å². The second-order valence-corrected chi connectivity index (χ2v) is 4.69. The van der Waals surface area contributed by atoms with E-state index in [0.29, 0.717) is 11.6 Å². The number of benzene rings is 1. The van der Waals surface area contributed by atoms with Crippen LogP contribution in [0, 0.1) is 12.3 Å². The van der Waals surface area contributed by atoms with Crippen LogP contribution < -0.4 is 10.6 Å². The first-order valence-electron chi connectivity index (χ1n) is 6.54. The molecule has 0 aliphatic rings. The predicted octanol–water partition coefficient (Wildman–Crippen LogP) is 2.40. The van der Waals surface area contributed by atoms with E-state index in [1.165, 1.54) is 5.56 Å². The fourth-order valence-electron chi connectivity index (χ4n) is 1.91. The summed E-state index contributed by atoms with van der Waals surface area (Å²) in [4.78, 5) is 10.6. The molecule has 0 spiro atoms. The van der Waals surface area contributed by atoms with Crippen molar-refractivity contribution < 1.29 is 0 Å². The number of anilines is 2. The fourth-order valence-corrected chi connectivity index (χ4v) is 1.91. The summed E-state index contributed by atoms with van der Waals surface area (Å²) in [6, 6.07) is 9.97. The summed E-state index contributed by atoms with van der Waals surface area (Å²) >= 11 is 0. The van der Waals surface area contributed by atoms with Gasteiger partial charge in [0.2, 0.25) is 5.95 Å². The van der Waals surface area contributed by atoms with Crippen molar-refractivity contribution in [1.29, 1.82) is 5.41 Å². The molecule has 5 nitrogen and oxygen atoms in total. The highest BCUT2D eigenvalue weighted by atomic mass is 15.2. The van der Waals surface area contributed by atoms with Crippen LogP contribution in [0.5, 0.6) is 0 Å². The molecule has 5 heteroatoms. The summed E-state index contributed by atoms with van der Waals surface area (Å²) < 4.78 is 0. The molecule has 0 amide bonds. The molecular formula is C15H19N5. The minimum atomic E-state index is -0.0496. The smallest absolute Gasteiger partial charge is 0.230 e. The van der Waals surface area contributed by atoms with Gasteiger partial charge in [0.15, 0.2) is 0 Å². The third-order valence-electron chi connectivity index (χ3n) is 3.15. The van der Waals surface area contributed by atoms with E-state index in [2.05, 4.69) is 29.0 Å². The topological polar surface area (TPSA) is 78.9 Å². The first-order valence-corrected chi connectivity index (χ1v) is 6.54. The molecule has 2 aromatic rings. The molecule has 1 aromatic heterocycles. The number of nitrogen functional groups attached to an aromatic ring is 1. The van der Waals surface area contributed by atoms with Gasteiger partial charge in [-0.2, -0.15) is 0 Å². The van der Waals surface area contributed by atoms with Crippen molar-refractivity contribution in [2.24, 2.45) is 5.73 Å². The Bertz CT molecular complexity index is 619. The van der Waals surface area contributed by atoms with Crippen molar-refractivity contribution in [3.63, 3.8) is 0 Å². The zero-order valence-electron chi connectivity index (χ0n) is 12.0. The SMILES string of the molecule is CCc1ccc(N(C)c2nc(C)cc(C(=N)N)n2)cc1. The summed E-state index contributed by atoms with van der Waals surface area (Å²) in [7, 11) is 1.90. The van der Waals surface area contributed by atoms with Gasteiger partial charge in [-0.15, -0.1) is 0 Å². The minimum absolute atomic E-state index is 0.0496. The summed E-state index contributed by atoms with van der Waals surface area (Å²) in [6.45, 7) is 3.99. The van der Waals surface area contributed by atoms with Crippen molar-refractivity contribution in [2.75, 3.05) is 11.9 Å². The molecule has 104 valence electrons. The van der Waals surface area contributed by atoms with E-state index in [1.807, 2.05) is 31.0 Å². The molecule has 0 bridgehead atoms. The Morgan fingerprint density at radius 2 is 1.90 bits per heavy atom. The van der Waals surface area contributed by atoms with Gasteiger partial charge in [-0.3, -0.25) is 5.41 Å². The lowest BCUT2D eigenvalue weighted by molar-refractivity contribution is 1.00. The number of rotatable bonds is 4. The number of nitrogens with one attached hydrogen (secondary N) is 1. The Labute approximate surface area is 119 Å². The zero-order chi connectivity index (χ0) is 14.7. The lowest BCUT2D eigenvalue weighted by atomic mass is 10.1. The first-order chi connectivity index (χ1) is 9.51. The fraction of sp³-hybridized carbons (Fsp3) is 0.267. The maximum Gasteiger partial charge on any atom is 0.230 e. The van der Waals surface area contributed by atoms with Crippen LogP contribution in [-0.4, -0.2) is 22.9 Å². The summed E-state index contributed by atoms with van der Waals surface area (Å²) in [6.07, 6.45) is 1.01. The highest BCUT2D eigenvalue weighted by Gasteiger charge is 2.10. The molecule has 20 heavy (non-hydrogen) atoms. The van der Waals surface area contributed by atoms with Crippen LogP contribution in [0.4, 0.5) is 11.6 Å². The van der Waals surface area contributed by atoms with Crippen LogP contribution in [0.15, 0.2) is 30.3 Å². The van der Waals surface area contributed by atoms with Gasteiger partial charge < -0.3 is 10.6 Å². The number of aryl methyl sites for hydroxylation is 2. The average molecular weight is 269 g/mol. The molecule has 1 heterocycles. The Hall–Kier alpha value is -2.43. The normalized spacial score (nSPS) is 10.3. The Kier molecular flexibility index (Phi) is 3.98. The highest BCUT2D eigenvalue weighted by molar-refractivity contribution is 5.93. The molecule has 0 aliphatic carbocycles. The van der Waals surface area contributed by atoms with Crippen LogP contribution >= 0.6 is 0 Å². The molecular weight excluding hydrogens is 250 g/mol. The number of amidine groups is 1. The number of nitrogens with zero attached hydrogens (tertiary/aromatic N) is 3. The molecule has 0 saturated heterocycles. The standard InChI is InChI=1S/C15H19N5/c1-4-11-5-7-12(8-6-11)20(3)15-18-10(2)9-13(19-15)14(16)17/h5-9H,4H2,1-3H3,(H3,16,17). The third kappa shape index (κ3) is 2.93. The predicted molar refractivity (Wildman–Crippen MR) is 81.7 cm³/mol. The van der Waals surface area contributed by atoms with E-state index in [1.54, 1.807) is 6.07 Å². The van der Waals surface area contributed by atoms with Gasteiger partial charge in [-0.25, -0.2) is 9.97 Å². The maximum atomic E-state index is 7.50. The van der Waals surface area contributed by atoms with Crippen molar-refractivity contribution >= 4 is 17.5 Å². The average Bonchev–Trinajstić information content (AvgIpc) is 2.46. The second-order valence-electron chi connectivity index (χ2n) is 4.69. The molecule has 2 rings (SSSR count). The Balaban J connectivity index is 2.36. The quantitative estimate of drug-likeness (QED) is 0.660. The Morgan fingerprint density at radius 1 is 1.25 bits per heavy atom. The molecule has 0 radical (unpaired) electrons. The molecule has 0 aliphatic heterocycles. The van der Waals surface area contributed by atoms with Gasteiger partial charge in [-0.05, 0) is 37.1 Å². The van der Waals surface area contributed by atoms with Crippen LogP contribution in [0.2, 0.25) is 0 Å².